The van der Waals surface area contributed by atoms with Crippen LogP contribution in [0.25, 0.3) is 0 Å². The van der Waals surface area contributed by atoms with Crippen molar-refractivity contribution in [2.45, 2.75) is 13.7 Å². The topological polar surface area (TPSA) is 3.24 Å². The second-order valence-electron chi connectivity index (χ2n) is 2.25. The Bertz CT molecular complexity index is 185. The summed E-state index contributed by atoms with van der Waals surface area (Å²) in [5, 5.41) is 0. The van der Waals surface area contributed by atoms with Crippen molar-refractivity contribution in [3.05, 3.63) is 36.6 Å². The number of hydrogen-bond donors (Lipinski definition) is 0. The van der Waals surface area contributed by atoms with E-state index in [0.29, 0.717) is 0 Å². The van der Waals surface area contributed by atoms with Gasteiger partial charge < -0.3 is 4.72 Å². The summed E-state index contributed by atoms with van der Waals surface area (Å²) in [5.74, 6) is 0. The van der Waals surface area contributed by atoms with Crippen LogP contribution < -0.4 is 0 Å². The highest BCUT2D eigenvalue weighted by molar-refractivity contribution is 6.41. The lowest BCUT2D eigenvalue weighted by Gasteiger charge is -2.17. The van der Waals surface area contributed by atoms with Crippen LogP contribution in [0.1, 0.15) is 6.92 Å². The molecule has 0 saturated heterocycles. The standard InChI is InChI=1S/C8H12B2N/c1-5-7(2)6-8(3)11(9)10-4/h5-6H,1,3H2,2,4H3/b7-6-. The first-order valence-corrected chi connectivity index (χ1v) is 3.45. The van der Waals surface area contributed by atoms with Gasteiger partial charge in [-0.2, -0.15) is 0 Å². The van der Waals surface area contributed by atoms with E-state index in [4.69, 9.17) is 7.98 Å². The number of rotatable bonds is 4. The fourth-order valence-electron chi connectivity index (χ4n) is 0.562. The summed E-state index contributed by atoms with van der Waals surface area (Å²) in [4.78, 5) is 0. The van der Waals surface area contributed by atoms with E-state index < -0.39 is 0 Å². The second-order valence-corrected chi connectivity index (χ2v) is 2.25. The molecule has 3 radical (unpaired) electrons. The molecule has 0 rings (SSSR count). The van der Waals surface area contributed by atoms with Gasteiger partial charge in [-0.05, 0) is 18.6 Å². The zero-order chi connectivity index (χ0) is 8.85. The summed E-state index contributed by atoms with van der Waals surface area (Å²) < 4.78 is 1.47. The first kappa shape index (κ1) is 10.1. The van der Waals surface area contributed by atoms with Crippen molar-refractivity contribution < 1.29 is 0 Å². The van der Waals surface area contributed by atoms with Gasteiger partial charge in [0.25, 0.3) is 0 Å². The zero-order valence-electron chi connectivity index (χ0n) is 7.17. The van der Waals surface area contributed by atoms with Crippen molar-refractivity contribution in [2.24, 2.45) is 0 Å². The third kappa shape index (κ3) is 3.76. The van der Waals surface area contributed by atoms with Crippen LogP contribution >= 0.6 is 0 Å². The average molecular weight is 144 g/mol. The van der Waals surface area contributed by atoms with Crippen LogP contribution in [0.2, 0.25) is 6.82 Å². The maximum atomic E-state index is 5.52. The molecule has 0 aromatic rings. The SMILES string of the molecule is [B]N([B]C)C(=C)/C=C(/C)C=C. The predicted octanol–water partition coefficient (Wildman–Crippen LogP) is 1.69. The van der Waals surface area contributed by atoms with E-state index in [9.17, 15) is 0 Å². The fraction of sp³-hybridized carbons (Fsp3) is 0.250. The second kappa shape index (κ2) is 4.89. The first-order chi connectivity index (χ1) is 5.11. The fourth-order valence-corrected chi connectivity index (χ4v) is 0.562. The van der Waals surface area contributed by atoms with E-state index >= 15 is 0 Å². The molecule has 0 N–H and O–H groups in total. The quantitative estimate of drug-likeness (QED) is 0.428. The van der Waals surface area contributed by atoms with Crippen LogP contribution in [-0.4, -0.2) is 20.1 Å². The third-order valence-electron chi connectivity index (χ3n) is 1.33. The van der Waals surface area contributed by atoms with Gasteiger partial charge in [0.15, 0.2) is 0 Å². The summed E-state index contributed by atoms with van der Waals surface area (Å²) in [7, 11) is 7.26. The van der Waals surface area contributed by atoms with Crippen LogP contribution in [-0.2, 0) is 0 Å². The van der Waals surface area contributed by atoms with Gasteiger partial charge in [-0.25, -0.2) is 0 Å². The Hall–Kier alpha value is -0.850. The molecule has 11 heavy (non-hydrogen) atoms. The van der Waals surface area contributed by atoms with Crippen molar-refractivity contribution in [1.29, 1.82) is 0 Å². The van der Waals surface area contributed by atoms with E-state index in [0.717, 1.165) is 11.3 Å². The Kier molecular flexibility index (Phi) is 4.51. The van der Waals surface area contributed by atoms with Crippen molar-refractivity contribution >= 4 is 15.4 Å². The van der Waals surface area contributed by atoms with Crippen molar-refractivity contribution in [2.75, 3.05) is 0 Å². The van der Waals surface area contributed by atoms with Gasteiger partial charge in [0.2, 0.25) is 15.4 Å². The molecule has 0 amide bonds. The highest BCUT2D eigenvalue weighted by atomic mass is 14.9. The van der Waals surface area contributed by atoms with E-state index in [1.165, 1.54) is 4.72 Å². The minimum absolute atomic E-state index is 0.755. The van der Waals surface area contributed by atoms with E-state index in [2.05, 4.69) is 13.2 Å². The molecule has 0 saturated carbocycles. The Labute approximate surface area is 71.2 Å². The molecule has 0 unspecified atom stereocenters. The Morgan fingerprint density at radius 2 is 2.18 bits per heavy atom. The maximum absolute atomic E-state index is 5.52. The molecule has 0 aliphatic carbocycles. The summed E-state index contributed by atoms with van der Waals surface area (Å²) in [5.41, 5.74) is 1.80. The summed E-state index contributed by atoms with van der Waals surface area (Å²) in [6, 6.07) is 0. The van der Waals surface area contributed by atoms with Crippen LogP contribution in [0.15, 0.2) is 36.6 Å². The highest BCUT2D eigenvalue weighted by Gasteiger charge is 1.94. The van der Waals surface area contributed by atoms with E-state index in [-0.39, 0.29) is 0 Å². The van der Waals surface area contributed by atoms with Crippen molar-refractivity contribution in [3.8, 4) is 0 Å². The van der Waals surface area contributed by atoms with Crippen LogP contribution in [0, 0.1) is 0 Å². The number of hydrogen-bond acceptors (Lipinski definition) is 1. The zero-order valence-corrected chi connectivity index (χ0v) is 7.17. The molecule has 0 aromatic heterocycles. The minimum atomic E-state index is 0.755. The molecule has 0 aliphatic heterocycles. The van der Waals surface area contributed by atoms with Crippen molar-refractivity contribution in [1.82, 2.24) is 4.72 Å². The lowest BCUT2D eigenvalue weighted by atomic mass is 9.89. The molecule has 0 spiro atoms. The lowest BCUT2D eigenvalue weighted by Crippen LogP contribution is -2.19. The van der Waals surface area contributed by atoms with Crippen molar-refractivity contribution in [3.63, 3.8) is 0 Å². The smallest absolute Gasteiger partial charge is 0.227 e. The predicted molar refractivity (Wildman–Crippen MR) is 52.3 cm³/mol. The van der Waals surface area contributed by atoms with Gasteiger partial charge >= 0.3 is 0 Å². The van der Waals surface area contributed by atoms with Gasteiger partial charge in [0.1, 0.15) is 0 Å². The average Bonchev–Trinajstić information content (AvgIpc) is 2.02. The Morgan fingerprint density at radius 1 is 1.64 bits per heavy atom. The normalized spacial score (nSPS) is 10.5. The van der Waals surface area contributed by atoms with Gasteiger partial charge in [-0.3, -0.25) is 0 Å². The van der Waals surface area contributed by atoms with Crippen LogP contribution in [0.3, 0.4) is 0 Å². The van der Waals surface area contributed by atoms with E-state index in [1.54, 1.807) is 13.5 Å². The molecule has 0 aliphatic rings. The highest BCUT2D eigenvalue weighted by Crippen LogP contribution is 2.02. The van der Waals surface area contributed by atoms with Gasteiger partial charge in [-0.15, -0.1) is 0 Å². The Morgan fingerprint density at radius 3 is 2.55 bits per heavy atom. The molecule has 3 heteroatoms. The molecule has 0 bridgehead atoms. The van der Waals surface area contributed by atoms with Gasteiger partial charge in [0.05, 0.1) is 0 Å². The minimum Gasteiger partial charge on any atom is -0.474 e. The summed E-state index contributed by atoms with van der Waals surface area (Å²) in [6.45, 7) is 11.2. The largest absolute Gasteiger partial charge is 0.474 e. The molecule has 0 aromatic carbocycles. The first-order valence-electron chi connectivity index (χ1n) is 3.45. The van der Waals surface area contributed by atoms with Gasteiger partial charge in [-0.1, -0.05) is 26.1 Å². The maximum Gasteiger partial charge on any atom is 0.227 e. The molecular formula is C8H12B2N. The molecule has 0 atom stereocenters. The molecule has 0 fully saturated rings. The summed E-state index contributed by atoms with van der Waals surface area (Å²) in [6.07, 6.45) is 3.63. The molecular weight excluding hydrogens is 132 g/mol. The Balaban J connectivity index is 4.16. The molecule has 0 heterocycles. The molecule has 55 valence electrons. The number of allylic oxidation sites excluding steroid dienone is 3. The number of nitrogens with zero attached hydrogens (tertiary/aromatic N) is 1. The van der Waals surface area contributed by atoms with Crippen LogP contribution in [0.4, 0.5) is 0 Å². The molecule has 1 nitrogen and oxygen atoms in total. The van der Waals surface area contributed by atoms with Gasteiger partial charge in [0, 0.05) is 5.70 Å². The lowest BCUT2D eigenvalue weighted by molar-refractivity contribution is 0.899. The third-order valence-corrected chi connectivity index (χ3v) is 1.33. The summed E-state index contributed by atoms with van der Waals surface area (Å²) >= 11 is 0. The van der Waals surface area contributed by atoms with E-state index in [1.807, 2.05) is 19.8 Å². The monoisotopic (exact) mass is 144 g/mol. The van der Waals surface area contributed by atoms with Crippen LogP contribution in [0.5, 0.6) is 0 Å².